The fourth-order valence-corrected chi connectivity index (χ4v) is 1.94. The minimum absolute atomic E-state index is 0.124. The van der Waals surface area contributed by atoms with E-state index < -0.39 is 0 Å². The third-order valence-corrected chi connectivity index (χ3v) is 3.04. The summed E-state index contributed by atoms with van der Waals surface area (Å²) in [5, 5.41) is 3.98. The Bertz CT molecular complexity index is 654. The molecule has 0 aliphatic carbocycles. The molecule has 0 fully saturated rings. The average Bonchev–Trinajstić information content (AvgIpc) is 2.85. The lowest BCUT2D eigenvalue weighted by molar-refractivity contribution is -0.120. The monoisotopic (exact) mass is 281 g/mol. The van der Waals surface area contributed by atoms with Crippen molar-refractivity contribution in [2.45, 2.75) is 13.3 Å². The van der Waals surface area contributed by atoms with E-state index in [1.807, 2.05) is 73.3 Å². The first-order chi connectivity index (χ1) is 10.1. The molecule has 1 amide bonds. The van der Waals surface area contributed by atoms with Gasteiger partial charge in [-0.3, -0.25) is 4.79 Å². The lowest BCUT2D eigenvalue weighted by atomic mass is 10.1. The van der Waals surface area contributed by atoms with Gasteiger partial charge >= 0.3 is 0 Å². The number of aryl methyl sites for hydroxylation is 1. The zero-order valence-electron chi connectivity index (χ0n) is 12.3. The number of carbonyl (C=O) groups is 1. The molecular formula is C17H19N3O. The van der Waals surface area contributed by atoms with Crippen LogP contribution < -0.4 is 5.43 Å². The molecule has 0 aliphatic heterocycles. The Kier molecular flexibility index (Phi) is 5.10. The maximum Gasteiger partial charge on any atom is 0.245 e. The van der Waals surface area contributed by atoms with Crippen molar-refractivity contribution in [2.75, 3.05) is 0 Å². The number of hydrogen-bond donors (Lipinski definition) is 1. The Balaban J connectivity index is 1.86. The summed E-state index contributed by atoms with van der Waals surface area (Å²) in [6.45, 7) is 1.94. The molecule has 4 heteroatoms. The summed E-state index contributed by atoms with van der Waals surface area (Å²) < 4.78 is 1.92. The maximum absolute atomic E-state index is 11.7. The number of hydrazone groups is 1. The highest BCUT2D eigenvalue weighted by Gasteiger charge is 2.04. The molecule has 0 spiro atoms. The number of hydrogen-bond acceptors (Lipinski definition) is 2. The molecule has 1 N–H and O–H groups in total. The van der Waals surface area contributed by atoms with Gasteiger partial charge in [0.1, 0.15) is 0 Å². The van der Waals surface area contributed by atoms with E-state index in [0.29, 0.717) is 6.42 Å². The summed E-state index contributed by atoms with van der Waals surface area (Å²) in [7, 11) is 1.92. The molecule has 0 unspecified atom stereocenters. The predicted octanol–water partition coefficient (Wildman–Crippen LogP) is 2.77. The molecule has 108 valence electrons. The van der Waals surface area contributed by atoms with Gasteiger partial charge in [-0.05, 0) is 30.2 Å². The molecule has 2 aromatic rings. The number of rotatable bonds is 5. The minimum Gasteiger partial charge on any atom is -0.354 e. The molecule has 1 heterocycles. The van der Waals surface area contributed by atoms with E-state index in [1.165, 1.54) is 0 Å². The topological polar surface area (TPSA) is 46.4 Å². The van der Waals surface area contributed by atoms with Crippen molar-refractivity contribution in [3.8, 4) is 0 Å². The van der Waals surface area contributed by atoms with E-state index >= 15 is 0 Å². The van der Waals surface area contributed by atoms with Gasteiger partial charge in [-0.2, -0.15) is 5.10 Å². The lowest BCUT2D eigenvalue weighted by Gasteiger charge is -2.02. The van der Waals surface area contributed by atoms with Crippen molar-refractivity contribution in [3.05, 3.63) is 65.5 Å². The van der Waals surface area contributed by atoms with Gasteiger partial charge in [0, 0.05) is 18.9 Å². The fourth-order valence-electron chi connectivity index (χ4n) is 1.94. The number of carbonyl (C=O) groups excluding carboxylic acids is 1. The van der Waals surface area contributed by atoms with Gasteiger partial charge in [0.05, 0.1) is 12.6 Å². The van der Waals surface area contributed by atoms with Crippen molar-refractivity contribution in [3.63, 3.8) is 0 Å². The molecule has 4 nitrogen and oxygen atoms in total. The number of aromatic nitrogens is 1. The molecule has 2 rings (SSSR count). The molecule has 0 atom stereocenters. The highest BCUT2D eigenvalue weighted by molar-refractivity contribution is 5.86. The third kappa shape index (κ3) is 4.76. The average molecular weight is 281 g/mol. The second-order valence-corrected chi connectivity index (χ2v) is 4.88. The summed E-state index contributed by atoms with van der Waals surface area (Å²) in [5.41, 5.74) is 5.58. The summed E-state index contributed by atoms with van der Waals surface area (Å²) in [5.74, 6) is -0.124. The summed E-state index contributed by atoms with van der Waals surface area (Å²) in [6.07, 6.45) is 5.89. The van der Waals surface area contributed by atoms with Crippen molar-refractivity contribution >= 4 is 18.2 Å². The Morgan fingerprint density at radius 3 is 2.67 bits per heavy atom. The van der Waals surface area contributed by atoms with Crippen LogP contribution in [0.1, 0.15) is 18.2 Å². The maximum atomic E-state index is 11.7. The third-order valence-electron chi connectivity index (χ3n) is 3.04. The van der Waals surface area contributed by atoms with Crippen molar-refractivity contribution < 1.29 is 4.79 Å². The number of benzene rings is 1. The van der Waals surface area contributed by atoms with Crippen LogP contribution in [-0.4, -0.2) is 16.7 Å². The lowest BCUT2D eigenvalue weighted by Crippen LogP contribution is -2.20. The quantitative estimate of drug-likeness (QED) is 0.665. The van der Waals surface area contributed by atoms with Crippen LogP contribution in [0, 0.1) is 0 Å². The van der Waals surface area contributed by atoms with Crippen LogP contribution in [0.4, 0.5) is 0 Å². The smallest absolute Gasteiger partial charge is 0.245 e. The fraction of sp³-hybridized carbons (Fsp3) is 0.176. The van der Waals surface area contributed by atoms with Crippen LogP contribution in [0.3, 0.4) is 0 Å². The highest BCUT2D eigenvalue weighted by atomic mass is 16.2. The molecule has 1 aromatic carbocycles. The summed E-state index contributed by atoms with van der Waals surface area (Å²) in [4.78, 5) is 11.7. The van der Waals surface area contributed by atoms with Crippen LogP contribution in [-0.2, 0) is 18.3 Å². The molecular weight excluding hydrogens is 262 g/mol. The number of allylic oxidation sites excluding steroid dienone is 1. The normalized spacial score (nSPS) is 11.8. The van der Waals surface area contributed by atoms with E-state index in [4.69, 9.17) is 0 Å². The number of nitrogens with zero attached hydrogens (tertiary/aromatic N) is 2. The highest BCUT2D eigenvalue weighted by Crippen LogP contribution is 2.04. The Morgan fingerprint density at radius 2 is 2.00 bits per heavy atom. The van der Waals surface area contributed by atoms with E-state index in [2.05, 4.69) is 10.5 Å². The van der Waals surface area contributed by atoms with E-state index in [0.717, 1.165) is 16.8 Å². The van der Waals surface area contributed by atoms with Gasteiger partial charge in [0.2, 0.25) is 5.91 Å². The first-order valence-corrected chi connectivity index (χ1v) is 6.80. The Morgan fingerprint density at radius 1 is 1.24 bits per heavy atom. The van der Waals surface area contributed by atoms with Gasteiger partial charge in [-0.1, -0.05) is 36.4 Å². The Hall–Kier alpha value is -2.62. The van der Waals surface area contributed by atoms with E-state index in [9.17, 15) is 4.79 Å². The largest absolute Gasteiger partial charge is 0.354 e. The van der Waals surface area contributed by atoms with Gasteiger partial charge in [-0.15, -0.1) is 0 Å². The standard InChI is InChI=1S/C17H19N3O/c1-14(11-15-7-4-3-5-8-15)13-18-19-17(21)12-16-9-6-10-20(16)2/h3-11,13H,12H2,1-2H3,(H,19,21)/b14-11+,18-13?. The van der Waals surface area contributed by atoms with Crippen molar-refractivity contribution in [1.82, 2.24) is 9.99 Å². The van der Waals surface area contributed by atoms with Crippen LogP contribution >= 0.6 is 0 Å². The summed E-state index contributed by atoms with van der Waals surface area (Å²) >= 11 is 0. The van der Waals surface area contributed by atoms with Crippen LogP contribution in [0.25, 0.3) is 6.08 Å². The van der Waals surface area contributed by atoms with Crippen LogP contribution in [0.2, 0.25) is 0 Å². The second-order valence-electron chi connectivity index (χ2n) is 4.88. The van der Waals surface area contributed by atoms with Crippen LogP contribution in [0.5, 0.6) is 0 Å². The second kappa shape index (κ2) is 7.24. The summed E-state index contributed by atoms with van der Waals surface area (Å²) in [6, 6.07) is 13.8. The van der Waals surface area contributed by atoms with E-state index in [1.54, 1.807) is 6.21 Å². The SMILES string of the molecule is C/C(C=NNC(=O)Cc1cccn1C)=C\c1ccccc1. The van der Waals surface area contributed by atoms with Gasteiger partial charge < -0.3 is 4.57 Å². The van der Waals surface area contributed by atoms with Crippen molar-refractivity contribution in [2.24, 2.45) is 12.1 Å². The molecule has 1 aromatic heterocycles. The first-order valence-electron chi connectivity index (χ1n) is 6.80. The first kappa shape index (κ1) is 14.8. The molecule has 0 saturated heterocycles. The van der Waals surface area contributed by atoms with Crippen molar-refractivity contribution in [1.29, 1.82) is 0 Å². The molecule has 0 radical (unpaired) electrons. The van der Waals surface area contributed by atoms with Crippen LogP contribution in [0.15, 0.2) is 59.3 Å². The molecule has 0 saturated carbocycles. The van der Waals surface area contributed by atoms with Gasteiger partial charge in [0.25, 0.3) is 0 Å². The van der Waals surface area contributed by atoms with Gasteiger partial charge in [-0.25, -0.2) is 5.43 Å². The van der Waals surface area contributed by atoms with E-state index in [-0.39, 0.29) is 5.91 Å². The Labute approximate surface area is 124 Å². The molecule has 0 aliphatic rings. The molecule has 21 heavy (non-hydrogen) atoms. The number of nitrogens with one attached hydrogen (secondary N) is 1. The van der Waals surface area contributed by atoms with Gasteiger partial charge in [0.15, 0.2) is 0 Å². The predicted molar refractivity (Wildman–Crippen MR) is 85.8 cm³/mol. The molecule has 0 bridgehead atoms. The number of amides is 1. The zero-order chi connectivity index (χ0) is 15.1. The zero-order valence-corrected chi connectivity index (χ0v) is 12.3. The minimum atomic E-state index is -0.124.